The van der Waals surface area contributed by atoms with E-state index in [1.807, 2.05) is 61.5 Å². The highest BCUT2D eigenvalue weighted by molar-refractivity contribution is 5.85. The highest BCUT2D eigenvalue weighted by atomic mass is 35.5. The number of ether oxygens (including phenoxy) is 1. The van der Waals surface area contributed by atoms with E-state index < -0.39 is 0 Å². The van der Waals surface area contributed by atoms with Crippen LogP contribution in [0.15, 0.2) is 54.6 Å². The minimum atomic E-state index is -0.112. The number of carbonyl (C=O) groups excluding carboxylic acids is 1. The molecule has 5 heteroatoms. The van der Waals surface area contributed by atoms with Gasteiger partial charge in [-0.25, -0.2) is 0 Å². The van der Waals surface area contributed by atoms with Crippen molar-refractivity contribution in [2.24, 2.45) is 5.73 Å². The van der Waals surface area contributed by atoms with Gasteiger partial charge in [0.05, 0.1) is 13.2 Å². The molecular weight excluding hydrogens is 324 g/mol. The molecule has 2 aromatic carbocycles. The lowest BCUT2D eigenvalue weighted by Gasteiger charge is -2.08. The first-order valence-corrected chi connectivity index (χ1v) is 7.85. The molecule has 0 radical (unpaired) electrons. The van der Waals surface area contributed by atoms with Gasteiger partial charge in [-0.05, 0) is 23.6 Å². The Bertz CT molecular complexity index is 601. The lowest BCUT2D eigenvalue weighted by molar-refractivity contribution is -0.121. The van der Waals surface area contributed by atoms with Crippen LogP contribution in [0, 0.1) is 0 Å². The summed E-state index contributed by atoms with van der Waals surface area (Å²) in [5.74, 6) is -0.0183. The van der Waals surface area contributed by atoms with Crippen molar-refractivity contribution in [3.05, 3.63) is 71.3 Å². The van der Waals surface area contributed by atoms with Crippen LogP contribution in [0.1, 0.15) is 30.0 Å². The van der Waals surface area contributed by atoms with E-state index in [0.29, 0.717) is 26.2 Å². The summed E-state index contributed by atoms with van der Waals surface area (Å²) in [6, 6.07) is 18.1. The predicted molar refractivity (Wildman–Crippen MR) is 98.7 cm³/mol. The molecule has 0 aliphatic heterocycles. The number of nitrogens with one attached hydrogen (secondary N) is 1. The summed E-state index contributed by atoms with van der Waals surface area (Å²) in [7, 11) is 0. The van der Waals surface area contributed by atoms with Gasteiger partial charge >= 0.3 is 0 Å². The maximum atomic E-state index is 11.6. The van der Waals surface area contributed by atoms with Crippen molar-refractivity contribution >= 4 is 18.3 Å². The summed E-state index contributed by atoms with van der Waals surface area (Å²) in [5.41, 5.74) is 8.95. The zero-order chi connectivity index (χ0) is 16.5. The van der Waals surface area contributed by atoms with Crippen LogP contribution in [0.4, 0.5) is 0 Å². The van der Waals surface area contributed by atoms with E-state index in [2.05, 4.69) is 5.32 Å². The molecule has 2 rings (SSSR count). The Morgan fingerprint density at radius 3 is 2.12 bits per heavy atom. The molecule has 24 heavy (non-hydrogen) atoms. The van der Waals surface area contributed by atoms with Crippen molar-refractivity contribution in [3.8, 4) is 0 Å². The van der Waals surface area contributed by atoms with Crippen LogP contribution < -0.4 is 11.1 Å². The van der Waals surface area contributed by atoms with Crippen molar-refractivity contribution in [3.63, 3.8) is 0 Å². The number of hydrogen-bond donors (Lipinski definition) is 2. The quantitative estimate of drug-likeness (QED) is 0.770. The molecule has 0 aromatic heterocycles. The van der Waals surface area contributed by atoms with Crippen LogP contribution >= 0.6 is 12.4 Å². The zero-order valence-corrected chi connectivity index (χ0v) is 14.7. The molecule has 0 bridgehead atoms. The topological polar surface area (TPSA) is 64.4 Å². The molecule has 0 spiro atoms. The number of benzene rings is 2. The van der Waals surface area contributed by atoms with Gasteiger partial charge in [-0.3, -0.25) is 4.79 Å². The first-order valence-electron chi connectivity index (χ1n) is 7.85. The Morgan fingerprint density at radius 2 is 1.54 bits per heavy atom. The number of carbonyl (C=O) groups is 1. The minimum Gasteiger partial charge on any atom is -0.372 e. The van der Waals surface area contributed by atoms with Crippen LogP contribution in [0.5, 0.6) is 0 Å². The van der Waals surface area contributed by atoms with Gasteiger partial charge in [-0.2, -0.15) is 0 Å². The number of halogens is 1. The second-order valence-corrected chi connectivity index (χ2v) is 5.75. The molecule has 0 heterocycles. The second kappa shape index (κ2) is 10.8. The molecule has 0 aliphatic rings. The molecule has 130 valence electrons. The maximum absolute atomic E-state index is 11.6. The van der Waals surface area contributed by atoms with E-state index in [1.54, 1.807) is 0 Å². The average Bonchev–Trinajstić information content (AvgIpc) is 2.54. The third kappa shape index (κ3) is 7.59. The molecule has 3 N–H and O–H groups in total. The number of amides is 1. The molecule has 1 unspecified atom stereocenters. The van der Waals surface area contributed by atoms with Crippen molar-refractivity contribution in [1.82, 2.24) is 5.32 Å². The van der Waals surface area contributed by atoms with Crippen LogP contribution in [0.25, 0.3) is 0 Å². The molecule has 1 atom stereocenters. The zero-order valence-electron chi connectivity index (χ0n) is 13.9. The molecular formula is C19H25ClN2O2. The minimum absolute atomic E-state index is 0. The maximum Gasteiger partial charge on any atom is 0.221 e. The van der Waals surface area contributed by atoms with E-state index in [9.17, 15) is 4.79 Å². The van der Waals surface area contributed by atoms with Gasteiger partial charge in [0.15, 0.2) is 0 Å². The van der Waals surface area contributed by atoms with E-state index in [-0.39, 0.29) is 24.4 Å². The van der Waals surface area contributed by atoms with Crippen LogP contribution in [0.3, 0.4) is 0 Å². The molecule has 0 saturated heterocycles. The van der Waals surface area contributed by atoms with Gasteiger partial charge in [-0.1, -0.05) is 54.6 Å². The Balaban J connectivity index is 0.00000288. The Kier molecular flexibility index (Phi) is 9.08. The van der Waals surface area contributed by atoms with E-state index in [1.165, 1.54) is 5.56 Å². The van der Waals surface area contributed by atoms with Crippen molar-refractivity contribution < 1.29 is 9.53 Å². The lowest BCUT2D eigenvalue weighted by atomic mass is 10.1. The summed E-state index contributed by atoms with van der Waals surface area (Å²) in [5, 5.41) is 2.86. The Morgan fingerprint density at radius 1 is 1.00 bits per heavy atom. The monoisotopic (exact) mass is 348 g/mol. The van der Waals surface area contributed by atoms with Gasteiger partial charge in [0, 0.05) is 19.0 Å². The summed E-state index contributed by atoms with van der Waals surface area (Å²) in [6.07, 6.45) is 0.353. The second-order valence-electron chi connectivity index (χ2n) is 5.75. The first-order chi connectivity index (χ1) is 11.1. The number of rotatable bonds is 8. The third-order valence-electron chi connectivity index (χ3n) is 3.40. The fourth-order valence-electron chi connectivity index (χ4n) is 2.18. The smallest absolute Gasteiger partial charge is 0.221 e. The molecule has 0 fully saturated rings. The molecule has 1 amide bonds. The number of hydrogen-bond acceptors (Lipinski definition) is 3. The lowest BCUT2D eigenvalue weighted by Crippen LogP contribution is -2.29. The van der Waals surface area contributed by atoms with Gasteiger partial charge in [0.1, 0.15) is 0 Å². The summed E-state index contributed by atoms with van der Waals surface area (Å²) < 4.78 is 5.70. The highest BCUT2D eigenvalue weighted by Crippen LogP contribution is 2.08. The average molecular weight is 349 g/mol. The van der Waals surface area contributed by atoms with Gasteiger partial charge < -0.3 is 15.8 Å². The van der Waals surface area contributed by atoms with Crippen molar-refractivity contribution in [1.29, 1.82) is 0 Å². The van der Waals surface area contributed by atoms with E-state index >= 15 is 0 Å². The number of nitrogens with two attached hydrogens (primary N) is 1. The van der Waals surface area contributed by atoms with Crippen LogP contribution in [-0.2, 0) is 29.3 Å². The van der Waals surface area contributed by atoms with Crippen molar-refractivity contribution in [2.75, 3.05) is 0 Å². The fraction of sp³-hybridized carbons (Fsp3) is 0.316. The van der Waals surface area contributed by atoms with Crippen LogP contribution in [-0.4, -0.2) is 11.9 Å². The standard InChI is InChI=1S/C19H24N2O2.ClH/c1-15(20)11-19(22)21-12-16-7-9-18(10-8-16)14-23-13-17-5-3-2-4-6-17;/h2-10,15H,11-14,20H2,1H3,(H,21,22);1H. The third-order valence-corrected chi connectivity index (χ3v) is 3.40. The van der Waals surface area contributed by atoms with E-state index in [0.717, 1.165) is 11.1 Å². The molecule has 4 nitrogen and oxygen atoms in total. The summed E-state index contributed by atoms with van der Waals surface area (Å²) >= 11 is 0. The molecule has 2 aromatic rings. The molecule has 0 aliphatic carbocycles. The molecule has 0 saturated carbocycles. The predicted octanol–water partition coefficient (Wildman–Crippen LogP) is 3.18. The van der Waals surface area contributed by atoms with Gasteiger partial charge in [0.2, 0.25) is 5.91 Å². The Labute approximate surface area is 149 Å². The summed E-state index contributed by atoms with van der Waals surface area (Å²) in [4.78, 5) is 11.6. The van der Waals surface area contributed by atoms with Gasteiger partial charge in [-0.15, -0.1) is 12.4 Å². The highest BCUT2D eigenvalue weighted by Gasteiger charge is 2.04. The van der Waals surface area contributed by atoms with E-state index in [4.69, 9.17) is 10.5 Å². The van der Waals surface area contributed by atoms with Gasteiger partial charge in [0.25, 0.3) is 0 Å². The fourth-order valence-corrected chi connectivity index (χ4v) is 2.18. The van der Waals surface area contributed by atoms with Crippen LogP contribution in [0.2, 0.25) is 0 Å². The van der Waals surface area contributed by atoms with Crippen molar-refractivity contribution in [2.45, 2.75) is 39.1 Å². The summed E-state index contributed by atoms with van der Waals surface area (Å²) in [6.45, 7) is 3.53. The first kappa shape index (κ1) is 20.2. The largest absolute Gasteiger partial charge is 0.372 e. The Hall–Kier alpha value is -1.88. The normalized spacial score (nSPS) is 11.4. The SMILES string of the molecule is CC(N)CC(=O)NCc1ccc(COCc2ccccc2)cc1.Cl.